The molecule has 0 spiro atoms. The summed E-state index contributed by atoms with van der Waals surface area (Å²) < 4.78 is 0. The van der Waals surface area contributed by atoms with Crippen molar-refractivity contribution in [1.29, 1.82) is 0 Å². The fourth-order valence-electron chi connectivity index (χ4n) is 1.19. The number of nitrogens with zero attached hydrogens (tertiary/aromatic N) is 1. The number of carbonyl (C=O) groups is 1. The van der Waals surface area contributed by atoms with E-state index in [0.29, 0.717) is 11.1 Å². The van der Waals surface area contributed by atoms with Crippen LogP contribution in [0.2, 0.25) is 0 Å². The molecule has 74 valence electrons. The molecule has 0 aliphatic heterocycles. The maximum absolute atomic E-state index is 10.6. The van der Waals surface area contributed by atoms with Gasteiger partial charge in [-0.15, -0.1) is 0 Å². The minimum absolute atomic E-state index is 0.0516. The van der Waals surface area contributed by atoms with E-state index in [4.69, 9.17) is 11.6 Å². The lowest BCUT2D eigenvalue weighted by atomic mass is 10.1. The van der Waals surface area contributed by atoms with E-state index in [0.717, 1.165) is 0 Å². The highest BCUT2D eigenvalue weighted by atomic mass is 35.5. The number of hydrogen-bond acceptors (Lipinski definition) is 3. The van der Waals surface area contributed by atoms with Gasteiger partial charge in [0.15, 0.2) is 0 Å². The summed E-state index contributed by atoms with van der Waals surface area (Å²) in [7, 11) is 0. The first kappa shape index (κ1) is 10.7. The second-order valence-corrected chi connectivity index (χ2v) is 3.33. The molecule has 0 aliphatic rings. The smallest absolute Gasteiger partial charge is 0.272 e. The standard InChI is InChI=1S/C9H8ClNO3/c1-6-4-7(5-9(10)12)2-3-8(6)11(13)14/h2-4H,5H2,1H3. The number of benzene rings is 1. The van der Waals surface area contributed by atoms with Crippen LogP contribution < -0.4 is 0 Å². The molecular formula is C9H8ClNO3. The third-order valence-corrected chi connectivity index (χ3v) is 1.93. The van der Waals surface area contributed by atoms with Crippen molar-refractivity contribution in [2.75, 3.05) is 0 Å². The Morgan fingerprint density at radius 1 is 1.57 bits per heavy atom. The number of aryl methyl sites for hydroxylation is 1. The summed E-state index contributed by atoms with van der Waals surface area (Å²) in [5, 5.41) is 9.99. The Kier molecular flexibility index (Phi) is 3.19. The van der Waals surface area contributed by atoms with Crippen LogP contribution in [-0.2, 0) is 11.2 Å². The van der Waals surface area contributed by atoms with E-state index in [1.807, 2.05) is 0 Å². The fourth-order valence-corrected chi connectivity index (χ4v) is 1.35. The SMILES string of the molecule is Cc1cc(CC(=O)Cl)ccc1[N+](=O)[O-]. The lowest BCUT2D eigenvalue weighted by Crippen LogP contribution is -1.96. The summed E-state index contributed by atoms with van der Waals surface area (Å²) >= 11 is 5.19. The maximum Gasteiger partial charge on any atom is 0.272 e. The molecule has 1 aromatic rings. The van der Waals surface area contributed by atoms with E-state index in [2.05, 4.69) is 0 Å². The van der Waals surface area contributed by atoms with Crippen LogP contribution in [0.3, 0.4) is 0 Å². The van der Waals surface area contributed by atoms with Gasteiger partial charge in [0, 0.05) is 18.1 Å². The Balaban J connectivity index is 3.00. The average molecular weight is 214 g/mol. The van der Waals surface area contributed by atoms with Crippen LogP contribution in [0.15, 0.2) is 18.2 Å². The molecular weight excluding hydrogens is 206 g/mol. The monoisotopic (exact) mass is 213 g/mol. The van der Waals surface area contributed by atoms with Gasteiger partial charge in [0.25, 0.3) is 5.69 Å². The third kappa shape index (κ3) is 2.53. The lowest BCUT2D eigenvalue weighted by Gasteiger charge is -2.00. The number of nitro groups is 1. The van der Waals surface area contributed by atoms with Crippen LogP contribution >= 0.6 is 11.6 Å². The number of hydrogen-bond donors (Lipinski definition) is 0. The first-order valence-corrected chi connectivity index (χ1v) is 4.30. The Morgan fingerprint density at radius 3 is 2.64 bits per heavy atom. The predicted octanol–water partition coefficient (Wildman–Crippen LogP) is 2.21. The molecule has 0 N–H and O–H groups in total. The summed E-state index contributed by atoms with van der Waals surface area (Å²) in [6.45, 7) is 1.63. The molecule has 5 heteroatoms. The van der Waals surface area contributed by atoms with Gasteiger partial charge in [0.1, 0.15) is 0 Å². The lowest BCUT2D eigenvalue weighted by molar-refractivity contribution is -0.385. The van der Waals surface area contributed by atoms with Gasteiger partial charge in [-0.05, 0) is 30.2 Å². The highest BCUT2D eigenvalue weighted by Crippen LogP contribution is 2.19. The molecule has 0 amide bonds. The quantitative estimate of drug-likeness (QED) is 0.439. The van der Waals surface area contributed by atoms with Crippen molar-refractivity contribution in [2.24, 2.45) is 0 Å². The fraction of sp³-hybridized carbons (Fsp3) is 0.222. The molecule has 0 aliphatic carbocycles. The van der Waals surface area contributed by atoms with Crippen LogP contribution in [0.5, 0.6) is 0 Å². The second-order valence-electron chi connectivity index (χ2n) is 2.91. The second kappa shape index (κ2) is 4.19. The maximum atomic E-state index is 10.6. The van der Waals surface area contributed by atoms with Crippen molar-refractivity contribution >= 4 is 22.5 Å². The van der Waals surface area contributed by atoms with E-state index < -0.39 is 10.2 Å². The topological polar surface area (TPSA) is 60.2 Å². The summed E-state index contributed by atoms with van der Waals surface area (Å²) in [4.78, 5) is 20.6. The van der Waals surface area contributed by atoms with Crippen LogP contribution in [0.25, 0.3) is 0 Å². The highest BCUT2D eigenvalue weighted by molar-refractivity contribution is 6.63. The van der Waals surface area contributed by atoms with Crippen LogP contribution in [0, 0.1) is 17.0 Å². The van der Waals surface area contributed by atoms with E-state index in [1.54, 1.807) is 13.0 Å². The van der Waals surface area contributed by atoms with Gasteiger partial charge >= 0.3 is 0 Å². The van der Waals surface area contributed by atoms with Crippen molar-refractivity contribution in [1.82, 2.24) is 0 Å². The first-order valence-electron chi connectivity index (χ1n) is 3.93. The largest absolute Gasteiger partial charge is 0.281 e. The molecule has 14 heavy (non-hydrogen) atoms. The third-order valence-electron chi connectivity index (χ3n) is 1.80. The van der Waals surface area contributed by atoms with Gasteiger partial charge in [0.2, 0.25) is 5.24 Å². The van der Waals surface area contributed by atoms with Crippen molar-refractivity contribution in [3.63, 3.8) is 0 Å². The van der Waals surface area contributed by atoms with Gasteiger partial charge in [0.05, 0.1) is 4.92 Å². The molecule has 0 saturated carbocycles. The van der Waals surface area contributed by atoms with Crippen molar-refractivity contribution < 1.29 is 9.72 Å². The molecule has 1 rings (SSSR count). The molecule has 1 aromatic carbocycles. The minimum atomic E-state index is -0.474. The molecule has 0 fully saturated rings. The van der Waals surface area contributed by atoms with Crippen LogP contribution in [0.1, 0.15) is 11.1 Å². The number of halogens is 1. The summed E-state index contributed by atoms with van der Waals surface area (Å²) in [6, 6.07) is 4.51. The van der Waals surface area contributed by atoms with Crippen LogP contribution in [0.4, 0.5) is 5.69 Å². The van der Waals surface area contributed by atoms with E-state index in [9.17, 15) is 14.9 Å². The number of rotatable bonds is 3. The molecule has 0 saturated heterocycles. The molecule has 0 atom stereocenters. The normalized spacial score (nSPS) is 9.86. The minimum Gasteiger partial charge on any atom is -0.281 e. The first-order chi connectivity index (χ1) is 6.50. The zero-order chi connectivity index (χ0) is 10.7. The summed E-state index contributed by atoms with van der Waals surface area (Å²) in [5.41, 5.74) is 1.27. The Bertz CT molecular complexity index is 390. The molecule has 0 aromatic heterocycles. The molecule has 4 nitrogen and oxygen atoms in total. The molecule has 0 unspecified atom stereocenters. The van der Waals surface area contributed by atoms with Crippen molar-refractivity contribution in [3.05, 3.63) is 39.4 Å². The zero-order valence-corrected chi connectivity index (χ0v) is 8.25. The predicted molar refractivity (Wildman–Crippen MR) is 52.4 cm³/mol. The van der Waals surface area contributed by atoms with Crippen molar-refractivity contribution in [3.8, 4) is 0 Å². The average Bonchev–Trinajstić information content (AvgIpc) is 2.01. The highest BCUT2D eigenvalue weighted by Gasteiger charge is 2.10. The van der Waals surface area contributed by atoms with Crippen LogP contribution in [-0.4, -0.2) is 10.2 Å². The Labute approximate surface area is 85.6 Å². The van der Waals surface area contributed by atoms with Crippen molar-refractivity contribution in [2.45, 2.75) is 13.3 Å². The summed E-state index contributed by atoms with van der Waals surface area (Å²) in [6.07, 6.45) is 0.0976. The molecule has 0 bridgehead atoms. The van der Waals surface area contributed by atoms with E-state index in [-0.39, 0.29) is 12.1 Å². The van der Waals surface area contributed by atoms with Gasteiger partial charge in [-0.1, -0.05) is 6.07 Å². The van der Waals surface area contributed by atoms with Gasteiger partial charge in [-0.2, -0.15) is 0 Å². The molecule has 0 heterocycles. The van der Waals surface area contributed by atoms with E-state index in [1.165, 1.54) is 12.1 Å². The number of carbonyl (C=O) groups excluding carboxylic acids is 1. The van der Waals surface area contributed by atoms with E-state index >= 15 is 0 Å². The summed E-state index contributed by atoms with van der Waals surface area (Å²) in [5.74, 6) is 0. The molecule has 0 radical (unpaired) electrons. The van der Waals surface area contributed by atoms with Gasteiger partial charge in [-0.25, -0.2) is 0 Å². The Hall–Kier alpha value is -1.42. The number of nitro benzene ring substituents is 1. The van der Waals surface area contributed by atoms with Gasteiger partial charge in [-0.3, -0.25) is 14.9 Å². The van der Waals surface area contributed by atoms with Gasteiger partial charge < -0.3 is 0 Å². The zero-order valence-electron chi connectivity index (χ0n) is 7.49. The Morgan fingerprint density at radius 2 is 2.21 bits per heavy atom.